The summed E-state index contributed by atoms with van der Waals surface area (Å²) in [6.07, 6.45) is 4.76. The Hall–Kier alpha value is -0.410. The molecule has 0 spiro atoms. The molecule has 1 fully saturated rings. The lowest BCUT2D eigenvalue weighted by atomic mass is 10.1. The van der Waals surface area contributed by atoms with E-state index in [1.54, 1.807) is 11.3 Å². The third kappa shape index (κ3) is 2.51. The van der Waals surface area contributed by atoms with Crippen LogP contribution in [0.4, 0.5) is 0 Å². The van der Waals surface area contributed by atoms with E-state index in [0.29, 0.717) is 5.41 Å². The Balaban J connectivity index is 1.73. The Morgan fingerprint density at radius 2 is 2.38 bits per heavy atom. The number of aryl methyl sites for hydroxylation is 1. The predicted octanol–water partition coefficient (Wildman–Crippen LogP) is 2.34. The highest BCUT2D eigenvalue weighted by atomic mass is 32.1. The molecule has 0 saturated heterocycles. The molecule has 0 aromatic carbocycles. The van der Waals surface area contributed by atoms with Gasteiger partial charge in [0, 0.05) is 24.2 Å². The summed E-state index contributed by atoms with van der Waals surface area (Å²) in [5, 5.41) is 4.65. The van der Waals surface area contributed by atoms with E-state index < -0.39 is 0 Å². The minimum Gasteiger partial charge on any atom is -0.311 e. The van der Waals surface area contributed by atoms with Crippen LogP contribution in [-0.2, 0) is 6.54 Å². The fourth-order valence-corrected chi connectivity index (χ4v) is 2.13. The summed E-state index contributed by atoms with van der Waals surface area (Å²) in [6, 6.07) is 0. The van der Waals surface area contributed by atoms with Crippen molar-refractivity contribution in [3.05, 3.63) is 16.1 Å². The van der Waals surface area contributed by atoms with Crippen LogP contribution in [0, 0.1) is 12.3 Å². The predicted molar refractivity (Wildman–Crippen MR) is 55.9 cm³/mol. The van der Waals surface area contributed by atoms with Gasteiger partial charge in [0.1, 0.15) is 0 Å². The number of aromatic nitrogens is 1. The van der Waals surface area contributed by atoms with Gasteiger partial charge in [0.15, 0.2) is 0 Å². The first-order valence-electron chi connectivity index (χ1n) is 4.80. The van der Waals surface area contributed by atoms with Crippen molar-refractivity contribution >= 4 is 11.3 Å². The Labute approximate surface area is 83.4 Å². The third-order valence-electron chi connectivity index (χ3n) is 2.62. The summed E-state index contributed by atoms with van der Waals surface area (Å²) in [7, 11) is 0. The van der Waals surface area contributed by atoms with Gasteiger partial charge in [0.25, 0.3) is 0 Å². The lowest BCUT2D eigenvalue weighted by Gasteiger charge is -2.07. The molecule has 1 aliphatic carbocycles. The molecule has 1 aromatic heterocycles. The quantitative estimate of drug-likeness (QED) is 0.799. The second-order valence-electron chi connectivity index (χ2n) is 4.26. The van der Waals surface area contributed by atoms with Crippen LogP contribution in [0.15, 0.2) is 6.20 Å². The van der Waals surface area contributed by atoms with Gasteiger partial charge in [-0.1, -0.05) is 6.92 Å². The lowest BCUT2D eigenvalue weighted by molar-refractivity contribution is 0.501. The average molecular weight is 196 g/mol. The maximum Gasteiger partial charge on any atom is 0.0897 e. The van der Waals surface area contributed by atoms with Crippen molar-refractivity contribution in [3.8, 4) is 0 Å². The molecule has 0 atom stereocenters. The Morgan fingerprint density at radius 3 is 2.92 bits per heavy atom. The second kappa shape index (κ2) is 3.39. The molecule has 0 bridgehead atoms. The first kappa shape index (κ1) is 9.16. The lowest BCUT2D eigenvalue weighted by Crippen LogP contribution is -2.20. The molecule has 2 nitrogen and oxygen atoms in total. The molecule has 13 heavy (non-hydrogen) atoms. The molecule has 1 N–H and O–H groups in total. The number of nitrogens with zero attached hydrogens (tertiary/aromatic N) is 1. The molecule has 0 amide bonds. The van der Waals surface area contributed by atoms with Gasteiger partial charge in [-0.05, 0) is 25.2 Å². The second-order valence-corrected chi connectivity index (χ2v) is 5.58. The molecular formula is C10H16N2S. The van der Waals surface area contributed by atoms with E-state index in [-0.39, 0.29) is 0 Å². The van der Waals surface area contributed by atoms with Crippen LogP contribution in [0.3, 0.4) is 0 Å². The van der Waals surface area contributed by atoms with Crippen molar-refractivity contribution in [3.63, 3.8) is 0 Å². The molecule has 3 heteroatoms. The summed E-state index contributed by atoms with van der Waals surface area (Å²) < 4.78 is 0. The minimum absolute atomic E-state index is 0.611. The largest absolute Gasteiger partial charge is 0.311 e. The van der Waals surface area contributed by atoms with E-state index in [4.69, 9.17) is 0 Å². The molecule has 2 rings (SSSR count). The topological polar surface area (TPSA) is 24.9 Å². The highest BCUT2D eigenvalue weighted by Crippen LogP contribution is 2.44. The van der Waals surface area contributed by atoms with Crippen LogP contribution in [0.1, 0.15) is 29.7 Å². The summed E-state index contributed by atoms with van der Waals surface area (Å²) in [6.45, 7) is 6.54. The van der Waals surface area contributed by atoms with E-state index in [2.05, 4.69) is 24.1 Å². The number of nitrogens with one attached hydrogen (secondary N) is 1. The molecule has 0 radical (unpaired) electrons. The third-order valence-corrected chi connectivity index (χ3v) is 3.54. The van der Waals surface area contributed by atoms with Crippen molar-refractivity contribution in [2.45, 2.75) is 33.2 Å². The van der Waals surface area contributed by atoms with Gasteiger partial charge >= 0.3 is 0 Å². The molecule has 1 saturated carbocycles. The summed E-state index contributed by atoms with van der Waals surface area (Å²) in [4.78, 5) is 5.57. The maximum absolute atomic E-state index is 4.23. The van der Waals surface area contributed by atoms with Gasteiger partial charge < -0.3 is 5.32 Å². The van der Waals surface area contributed by atoms with Gasteiger partial charge in [-0.3, -0.25) is 0 Å². The van der Waals surface area contributed by atoms with Crippen LogP contribution >= 0.6 is 11.3 Å². The van der Waals surface area contributed by atoms with Crippen LogP contribution < -0.4 is 5.32 Å². The van der Waals surface area contributed by atoms with Crippen molar-refractivity contribution in [2.24, 2.45) is 5.41 Å². The maximum atomic E-state index is 4.23. The van der Waals surface area contributed by atoms with E-state index in [1.807, 2.05) is 6.20 Å². The zero-order valence-electron chi connectivity index (χ0n) is 8.26. The summed E-state index contributed by atoms with van der Waals surface area (Å²) in [5.41, 5.74) is 0.611. The first-order chi connectivity index (χ1) is 6.18. The molecular weight excluding hydrogens is 180 g/mol. The van der Waals surface area contributed by atoms with Crippen molar-refractivity contribution in [1.82, 2.24) is 10.3 Å². The van der Waals surface area contributed by atoms with Crippen molar-refractivity contribution < 1.29 is 0 Å². The van der Waals surface area contributed by atoms with E-state index >= 15 is 0 Å². The van der Waals surface area contributed by atoms with Crippen LogP contribution in [0.25, 0.3) is 0 Å². The van der Waals surface area contributed by atoms with Gasteiger partial charge in [-0.2, -0.15) is 0 Å². The molecule has 0 unspecified atom stereocenters. The van der Waals surface area contributed by atoms with Gasteiger partial charge in [-0.25, -0.2) is 4.98 Å². The number of hydrogen-bond donors (Lipinski definition) is 1. The number of hydrogen-bond acceptors (Lipinski definition) is 3. The highest BCUT2D eigenvalue weighted by molar-refractivity contribution is 7.11. The Kier molecular flexibility index (Phi) is 2.39. The van der Waals surface area contributed by atoms with E-state index in [0.717, 1.165) is 18.1 Å². The smallest absolute Gasteiger partial charge is 0.0897 e. The van der Waals surface area contributed by atoms with Crippen LogP contribution in [0.2, 0.25) is 0 Å². The monoisotopic (exact) mass is 196 g/mol. The fourth-order valence-electron chi connectivity index (χ4n) is 1.36. The first-order valence-corrected chi connectivity index (χ1v) is 5.62. The SMILES string of the molecule is Cc1ncc(CNCC2(C)CC2)s1. The highest BCUT2D eigenvalue weighted by Gasteiger charge is 2.36. The normalized spacial score (nSPS) is 18.9. The van der Waals surface area contributed by atoms with Gasteiger partial charge in [-0.15, -0.1) is 11.3 Å². The molecule has 1 aromatic rings. The standard InChI is InChI=1S/C10H16N2S/c1-8-12-6-9(13-8)5-11-7-10(2)3-4-10/h6,11H,3-5,7H2,1-2H3. The molecule has 1 heterocycles. The van der Waals surface area contributed by atoms with Gasteiger partial charge in [0.05, 0.1) is 5.01 Å². The zero-order chi connectivity index (χ0) is 9.31. The molecule has 0 aliphatic heterocycles. The average Bonchev–Trinajstić information content (AvgIpc) is 2.65. The Morgan fingerprint density at radius 1 is 1.62 bits per heavy atom. The van der Waals surface area contributed by atoms with Crippen molar-refractivity contribution in [1.29, 1.82) is 0 Å². The minimum atomic E-state index is 0.611. The fraction of sp³-hybridized carbons (Fsp3) is 0.700. The van der Waals surface area contributed by atoms with Crippen molar-refractivity contribution in [2.75, 3.05) is 6.54 Å². The zero-order valence-corrected chi connectivity index (χ0v) is 9.08. The Bertz CT molecular complexity index is 289. The molecule has 72 valence electrons. The summed E-state index contributed by atoms with van der Waals surface area (Å²) in [5.74, 6) is 0. The number of thiazole rings is 1. The van der Waals surface area contributed by atoms with E-state index in [1.165, 1.54) is 17.7 Å². The van der Waals surface area contributed by atoms with E-state index in [9.17, 15) is 0 Å². The summed E-state index contributed by atoms with van der Waals surface area (Å²) >= 11 is 1.79. The molecule has 1 aliphatic rings. The number of rotatable bonds is 4. The van der Waals surface area contributed by atoms with Gasteiger partial charge in [0.2, 0.25) is 0 Å². The van der Waals surface area contributed by atoms with Crippen LogP contribution in [0.5, 0.6) is 0 Å². The van der Waals surface area contributed by atoms with Crippen LogP contribution in [-0.4, -0.2) is 11.5 Å².